The van der Waals surface area contributed by atoms with Gasteiger partial charge in [0.25, 0.3) is 0 Å². The van der Waals surface area contributed by atoms with E-state index in [1.165, 1.54) is 18.6 Å². The van der Waals surface area contributed by atoms with Crippen LogP contribution < -0.4 is 5.56 Å². The number of nitrogens with one attached hydrogen (secondary N) is 1. The number of hydrogen-bond acceptors (Lipinski definition) is 4. The molecule has 0 atom stereocenters. The average Bonchev–Trinajstić information content (AvgIpc) is 2.94. The van der Waals surface area contributed by atoms with E-state index in [0.29, 0.717) is 12.1 Å². The molecule has 1 aliphatic rings. The van der Waals surface area contributed by atoms with Crippen molar-refractivity contribution in [3.63, 3.8) is 0 Å². The minimum Gasteiger partial charge on any atom is -0.506 e. The third-order valence-corrected chi connectivity index (χ3v) is 7.65. The van der Waals surface area contributed by atoms with Crippen LogP contribution >= 0.6 is 12.4 Å². The Hall–Kier alpha value is -2.97. The zero-order valence-electron chi connectivity index (χ0n) is 22.8. The molecule has 0 bridgehead atoms. The number of aromatic hydroxyl groups is 1. The molecular weight excluding hydrogens is 538 g/mol. The lowest BCUT2D eigenvalue weighted by atomic mass is 9.93. The molecule has 40 heavy (non-hydrogen) atoms. The maximum absolute atomic E-state index is 13.8. The van der Waals surface area contributed by atoms with Crippen molar-refractivity contribution in [3.05, 3.63) is 75.6 Å². The number of aromatic nitrogens is 1. The normalized spacial score (nSPS) is 13.8. The first kappa shape index (κ1) is 31.6. The maximum Gasteiger partial charge on any atom is 0.248 e. The first-order chi connectivity index (χ1) is 18.9. The predicted molar refractivity (Wildman–Crippen MR) is 155 cm³/mol. The van der Waals surface area contributed by atoms with Gasteiger partial charge in [0.05, 0.1) is 25.2 Å². The molecule has 4 rings (SSSR count). The van der Waals surface area contributed by atoms with Crippen molar-refractivity contribution < 1.29 is 23.4 Å². The summed E-state index contributed by atoms with van der Waals surface area (Å²) < 4.78 is 32.8. The maximum atomic E-state index is 13.8. The number of nitrogens with zero attached hydrogens (tertiary/aromatic N) is 1. The molecule has 0 radical (unpaired) electrons. The molecule has 0 aliphatic heterocycles. The highest BCUT2D eigenvalue weighted by Gasteiger charge is 2.24. The second-order valence-electron chi connectivity index (χ2n) is 10.4. The van der Waals surface area contributed by atoms with Gasteiger partial charge in [0.1, 0.15) is 5.75 Å². The van der Waals surface area contributed by atoms with E-state index in [9.17, 15) is 23.5 Å². The molecule has 1 aliphatic carbocycles. The molecule has 1 aromatic heterocycles. The van der Waals surface area contributed by atoms with Gasteiger partial charge in [-0.1, -0.05) is 43.9 Å². The van der Waals surface area contributed by atoms with Crippen LogP contribution in [0.5, 0.6) is 5.75 Å². The van der Waals surface area contributed by atoms with Crippen molar-refractivity contribution in [2.75, 3.05) is 19.8 Å². The number of benzene rings is 2. The van der Waals surface area contributed by atoms with Gasteiger partial charge in [0.2, 0.25) is 11.5 Å². The van der Waals surface area contributed by atoms with Crippen molar-refractivity contribution >= 4 is 29.2 Å². The second-order valence-corrected chi connectivity index (χ2v) is 10.4. The van der Waals surface area contributed by atoms with Gasteiger partial charge in [-0.25, -0.2) is 8.78 Å². The molecule has 3 aromatic rings. The van der Waals surface area contributed by atoms with Crippen LogP contribution in [0.25, 0.3) is 10.9 Å². The molecule has 1 fully saturated rings. The summed E-state index contributed by atoms with van der Waals surface area (Å²) in [5, 5.41) is 10.9. The summed E-state index contributed by atoms with van der Waals surface area (Å²) in [4.78, 5) is 29.5. The summed E-state index contributed by atoms with van der Waals surface area (Å²) in [6, 6.07) is 11.1. The molecule has 2 N–H and O–H groups in total. The van der Waals surface area contributed by atoms with E-state index in [2.05, 4.69) is 4.98 Å². The van der Waals surface area contributed by atoms with E-state index in [1.54, 1.807) is 18.2 Å². The second kappa shape index (κ2) is 15.7. The number of hydrogen-bond donors (Lipinski definition) is 2. The molecule has 6 nitrogen and oxygen atoms in total. The van der Waals surface area contributed by atoms with Gasteiger partial charge in [0, 0.05) is 24.0 Å². The predicted octanol–water partition coefficient (Wildman–Crippen LogP) is 6.46. The van der Waals surface area contributed by atoms with Crippen LogP contribution in [-0.2, 0) is 22.4 Å². The number of carbonyl (C=O) groups excluding carboxylic acids is 1. The van der Waals surface area contributed by atoms with Crippen molar-refractivity contribution in [3.8, 4) is 5.75 Å². The Kier molecular flexibility index (Phi) is 12.4. The van der Waals surface area contributed by atoms with Gasteiger partial charge in [-0.2, -0.15) is 0 Å². The number of H-pyrrole nitrogens is 1. The minimum absolute atomic E-state index is 0. The number of phenols is 1. The van der Waals surface area contributed by atoms with Crippen molar-refractivity contribution in [1.82, 2.24) is 9.88 Å². The first-order valence-electron chi connectivity index (χ1n) is 14.1. The van der Waals surface area contributed by atoms with E-state index in [-0.39, 0.29) is 67.3 Å². The number of unbranched alkanes of at least 4 members (excludes halogenated alkanes) is 2. The van der Waals surface area contributed by atoms with Gasteiger partial charge < -0.3 is 19.7 Å². The minimum atomic E-state index is -0.862. The summed E-state index contributed by atoms with van der Waals surface area (Å²) in [5.41, 5.74) is 1.58. The van der Waals surface area contributed by atoms with E-state index < -0.39 is 11.6 Å². The Labute approximate surface area is 240 Å². The number of halogens is 3. The Morgan fingerprint density at radius 1 is 0.950 bits per heavy atom. The highest BCUT2D eigenvalue weighted by atomic mass is 35.5. The molecule has 1 amide bonds. The van der Waals surface area contributed by atoms with Crippen LogP contribution in [0.1, 0.15) is 68.9 Å². The van der Waals surface area contributed by atoms with E-state index >= 15 is 0 Å². The largest absolute Gasteiger partial charge is 0.506 e. The molecule has 2 aromatic carbocycles. The zero-order valence-corrected chi connectivity index (χ0v) is 23.6. The van der Waals surface area contributed by atoms with Crippen LogP contribution in [0.15, 0.2) is 47.3 Å². The molecule has 218 valence electrons. The highest BCUT2D eigenvalue weighted by molar-refractivity contribution is 5.87. The number of fused-ring (bicyclic) bond motifs is 1. The summed E-state index contributed by atoms with van der Waals surface area (Å²) >= 11 is 0. The van der Waals surface area contributed by atoms with Gasteiger partial charge in [-0.15, -0.1) is 12.4 Å². The number of amides is 1. The first-order valence-corrected chi connectivity index (χ1v) is 14.1. The monoisotopic (exact) mass is 576 g/mol. The van der Waals surface area contributed by atoms with Crippen LogP contribution in [0.3, 0.4) is 0 Å². The number of phenolic OH excluding ortho intramolecular Hbond substituents is 1. The SMILES string of the molecule is Cl.O=C(CCOCCc1cccc(F)c1F)N(CCCCCc1ccc(O)c2[nH]c(=O)ccc12)C1CCCCC1. The Balaban J connectivity index is 0.00000441. The van der Waals surface area contributed by atoms with Crippen molar-refractivity contribution in [2.45, 2.75) is 76.7 Å². The van der Waals surface area contributed by atoms with Crippen LogP contribution in [0, 0.1) is 11.6 Å². The average molecular weight is 577 g/mol. The van der Waals surface area contributed by atoms with E-state index in [4.69, 9.17) is 4.74 Å². The Morgan fingerprint density at radius 2 is 1.75 bits per heavy atom. The molecule has 0 spiro atoms. The van der Waals surface area contributed by atoms with E-state index in [0.717, 1.165) is 68.4 Å². The number of aromatic amines is 1. The van der Waals surface area contributed by atoms with Crippen LogP contribution in [0.2, 0.25) is 0 Å². The van der Waals surface area contributed by atoms with Gasteiger partial charge in [0.15, 0.2) is 11.6 Å². The fraction of sp³-hybridized carbons (Fsp3) is 0.484. The van der Waals surface area contributed by atoms with Crippen molar-refractivity contribution in [1.29, 1.82) is 0 Å². The lowest BCUT2D eigenvalue weighted by Gasteiger charge is -2.34. The Morgan fingerprint density at radius 3 is 2.55 bits per heavy atom. The lowest BCUT2D eigenvalue weighted by Crippen LogP contribution is -2.42. The molecular formula is C31H39ClF2N2O4. The summed E-state index contributed by atoms with van der Waals surface area (Å²) in [6.45, 7) is 1.20. The summed E-state index contributed by atoms with van der Waals surface area (Å²) in [5.74, 6) is -1.54. The van der Waals surface area contributed by atoms with E-state index in [1.807, 2.05) is 11.0 Å². The summed E-state index contributed by atoms with van der Waals surface area (Å²) in [7, 11) is 0. The number of carbonyl (C=O) groups is 1. The summed E-state index contributed by atoms with van der Waals surface area (Å²) in [6.07, 6.45) is 9.70. The molecule has 1 saturated carbocycles. The van der Waals surface area contributed by atoms with Gasteiger partial charge >= 0.3 is 0 Å². The number of ether oxygens (including phenoxy) is 1. The standard InChI is InChI=1S/C31H38F2N2O4.ClH/c32-26-12-7-9-23(30(26)33)17-20-39-21-18-29(38)35(24-10-4-1-5-11-24)19-6-2-3-8-22-13-15-27(36)31-25(22)14-16-28(37)34-31;/h7,9,12-16,24,36H,1-6,8,10-11,17-21H2,(H,34,37);1H. The third kappa shape index (κ3) is 8.51. The van der Waals surface area contributed by atoms with Crippen LogP contribution in [-0.4, -0.2) is 46.7 Å². The number of pyridine rings is 1. The third-order valence-electron chi connectivity index (χ3n) is 7.65. The molecule has 9 heteroatoms. The lowest BCUT2D eigenvalue weighted by molar-refractivity contribution is -0.135. The fourth-order valence-corrected chi connectivity index (χ4v) is 5.52. The highest BCUT2D eigenvalue weighted by Crippen LogP contribution is 2.27. The molecule has 0 unspecified atom stereocenters. The van der Waals surface area contributed by atoms with Gasteiger partial charge in [-0.3, -0.25) is 9.59 Å². The quantitative estimate of drug-likeness (QED) is 0.229. The smallest absolute Gasteiger partial charge is 0.248 e. The number of aryl methyl sites for hydroxylation is 1. The Bertz CT molecular complexity index is 1310. The van der Waals surface area contributed by atoms with Crippen molar-refractivity contribution in [2.24, 2.45) is 0 Å². The number of rotatable bonds is 13. The zero-order chi connectivity index (χ0) is 27.6. The topological polar surface area (TPSA) is 82.6 Å². The fourth-order valence-electron chi connectivity index (χ4n) is 5.52. The molecule has 0 saturated heterocycles. The molecule has 1 heterocycles. The van der Waals surface area contributed by atoms with Crippen LogP contribution in [0.4, 0.5) is 8.78 Å². The van der Waals surface area contributed by atoms with Gasteiger partial charge in [-0.05, 0) is 67.9 Å².